The Balaban J connectivity index is 1.64. The maximum Gasteiger partial charge on any atom is 0.350 e. The number of benzene rings is 1. The SMILES string of the molecule is CCc1ccccc1NC(=O)CN(C)C(=O)Cn1nc2ccccn2c1=O. The maximum absolute atomic E-state index is 12.4. The van der Waals surface area contributed by atoms with Gasteiger partial charge < -0.3 is 10.2 Å². The quantitative estimate of drug-likeness (QED) is 0.708. The van der Waals surface area contributed by atoms with Crippen LogP contribution in [0.1, 0.15) is 12.5 Å². The lowest BCUT2D eigenvalue weighted by Crippen LogP contribution is -2.38. The second-order valence-corrected chi connectivity index (χ2v) is 6.18. The van der Waals surface area contributed by atoms with Gasteiger partial charge in [-0.25, -0.2) is 9.48 Å². The first-order chi connectivity index (χ1) is 13.0. The highest BCUT2D eigenvalue weighted by Crippen LogP contribution is 2.15. The fraction of sp³-hybridized carbons (Fsp3) is 0.263. The predicted molar refractivity (Wildman–Crippen MR) is 102 cm³/mol. The number of carbonyl (C=O) groups is 2. The summed E-state index contributed by atoms with van der Waals surface area (Å²) in [5, 5.41) is 6.95. The van der Waals surface area contributed by atoms with Gasteiger partial charge in [0.1, 0.15) is 6.54 Å². The molecule has 0 bridgehead atoms. The number of amides is 2. The van der Waals surface area contributed by atoms with Crippen molar-refractivity contribution in [3.63, 3.8) is 0 Å². The summed E-state index contributed by atoms with van der Waals surface area (Å²) in [6, 6.07) is 12.7. The molecule has 0 radical (unpaired) electrons. The van der Waals surface area contributed by atoms with Gasteiger partial charge in [0.05, 0.1) is 6.54 Å². The lowest BCUT2D eigenvalue weighted by Gasteiger charge is -2.17. The van der Waals surface area contributed by atoms with Crippen molar-refractivity contribution in [3.8, 4) is 0 Å². The molecule has 2 aromatic heterocycles. The Kier molecular flexibility index (Phi) is 5.35. The van der Waals surface area contributed by atoms with Gasteiger partial charge in [0.2, 0.25) is 11.8 Å². The van der Waals surface area contributed by atoms with Crippen LogP contribution in [0.2, 0.25) is 0 Å². The van der Waals surface area contributed by atoms with E-state index in [9.17, 15) is 14.4 Å². The van der Waals surface area contributed by atoms with E-state index < -0.39 is 5.69 Å². The van der Waals surface area contributed by atoms with Crippen LogP contribution in [0.5, 0.6) is 0 Å². The third-order valence-electron chi connectivity index (χ3n) is 4.25. The number of aromatic nitrogens is 3. The fourth-order valence-electron chi connectivity index (χ4n) is 2.76. The number of rotatable bonds is 6. The van der Waals surface area contributed by atoms with Crippen molar-refractivity contribution in [2.24, 2.45) is 0 Å². The molecule has 0 fully saturated rings. The van der Waals surface area contributed by atoms with Crippen molar-refractivity contribution in [2.75, 3.05) is 18.9 Å². The number of fused-ring (bicyclic) bond motifs is 1. The predicted octanol–water partition coefficient (Wildman–Crippen LogP) is 1.16. The number of likely N-dealkylation sites (N-methyl/N-ethyl adjacent to an activating group) is 1. The van der Waals surface area contributed by atoms with Crippen LogP contribution in [0.25, 0.3) is 5.65 Å². The van der Waals surface area contributed by atoms with E-state index in [1.807, 2.05) is 31.2 Å². The normalized spacial score (nSPS) is 10.7. The zero-order chi connectivity index (χ0) is 19.4. The van der Waals surface area contributed by atoms with Crippen LogP contribution in [0.15, 0.2) is 53.5 Å². The summed E-state index contributed by atoms with van der Waals surface area (Å²) in [4.78, 5) is 38.2. The number of aryl methyl sites for hydroxylation is 1. The van der Waals surface area contributed by atoms with Crippen molar-refractivity contribution in [1.29, 1.82) is 0 Å². The highest BCUT2D eigenvalue weighted by atomic mass is 16.2. The van der Waals surface area contributed by atoms with E-state index in [1.54, 1.807) is 24.4 Å². The summed E-state index contributed by atoms with van der Waals surface area (Å²) >= 11 is 0. The molecule has 3 rings (SSSR count). The molecule has 0 aliphatic carbocycles. The molecule has 0 saturated carbocycles. The summed E-state index contributed by atoms with van der Waals surface area (Å²) in [7, 11) is 1.52. The molecule has 2 amide bonds. The minimum atomic E-state index is -0.395. The molecule has 0 atom stereocenters. The Morgan fingerprint density at radius 2 is 1.89 bits per heavy atom. The third kappa shape index (κ3) is 4.05. The number of nitrogens with zero attached hydrogens (tertiary/aromatic N) is 4. The van der Waals surface area contributed by atoms with Gasteiger partial charge in [-0.2, -0.15) is 0 Å². The zero-order valence-corrected chi connectivity index (χ0v) is 15.3. The van der Waals surface area contributed by atoms with Crippen molar-refractivity contribution in [2.45, 2.75) is 19.9 Å². The molecule has 1 aromatic carbocycles. The summed E-state index contributed by atoms with van der Waals surface area (Å²) in [6.07, 6.45) is 2.38. The monoisotopic (exact) mass is 367 g/mol. The Hall–Kier alpha value is -3.42. The van der Waals surface area contributed by atoms with Gasteiger partial charge in [-0.1, -0.05) is 31.2 Å². The number of para-hydroxylation sites is 1. The zero-order valence-electron chi connectivity index (χ0n) is 15.3. The van der Waals surface area contributed by atoms with Gasteiger partial charge in [0.25, 0.3) is 0 Å². The molecule has 8 nitrogen and oxygen atoms in total. The van der Waals surface area contributed by atoms with E-state index in [0.29, 0.717) is 5.65 Å². The second-order valence-electron chi connectivity index (χ2n) is 6.18. The summed E-state index contributed by atoms with van der Waals surface area (Å²) in [5.41, 5.74) is 1.83. The van der Waals surface area contributed by atoms with Gasteiger partial charge in [-0.05, 0) is 30.2 Å². The standard InChI is InChI=1S/C19H21N5O3/c1-3-14-8-4-5-9-15(14)20-17(25)12-22(2)18(26)13-24-19(27)23-11-7-6-10-16(23)21-24/h4-11H,3,12-13H2,1-2H3,(H,20,25). The van der Waals surface area contributed by atoms with Crippen molar-refractivity contribution >= 4 is 23.1 Å². The first-order valence-electron chi connectivity index (χ1n) is 8.65. The van der Waals surface area contributed by atoms with E-state index in [-0.39, 0.29) is 24.9 Å². The lowest BCUT2D eigenvalue weighted by molar-refractivity contribution is -0.134. The highest BCUT2D eigenvalue weighted by Gasteiger charge is 2.17. The average molecular weight is 367 g/mol. The summed E-state index contributed by atoms with van der Waals surface area (Å²) < 4.78 is 2.46. The van der Waals surface area contributed by atoms with Crippen molar-refractivity contribution < 1.29 is 9.59 Å². The van der Waals surface area contributed by atoms with Crippen molar-refractivity contribution in [1.82, 2.24) is 19.1 Å². The molecule has 8 heteroatoms. The van der Waals surface area contributed by atoms with Gasteiger partial charge >= 0.3 is 5.69 Å². The van der Waals surface area contributed by atoms with Gasteiger partial charge in [0, 0.05) is 18.9 Å². The fourth-order valence-corrected chi connectivity index (χ4v) is 2.76. The first kappa shape index (κ1) is 18.4. The molecular weight excluding hydrogens is 346 g/mol. The number of hydrogen-bond donors (Lipinski definition) is 1. The molecule has 1 N–H and O–H groups in total. The van der Waals surface area contributed by atoms with E-state index in [4.69, 9.17) is 0 Å². The molecule has 0 spiro atoms. The lowest BCUT2D eigenvalue weighted by atomic mass is 10.1. The molecule has 140 valence electrons. The highest BCUT2D eigenvalue weighted by molar-refractivity contribution is 5.95. The Morgan fingerprint density at radius 1 is 1.15 bits per heavy atom. The van der Waals surface area contributed by atoms with Crippen LogP contribution in [0.3, 0.4) is 0 Å². The maximum atomic E-state index is 12.4. The van der Waals surface area contributed by atoms with Crippen LogP contribution in [-0.4, -0.2) is 44.5 Å². The minimum Gasteiger partial charge on any atom is -0.335 e. The van der Waals surface area contributed by atoms with E-state index in [0.717, 1.165) is 22.4 Å². The average Bonchev–Trinajstić information content (AvgIpc) is 2.98. The number of anilines is 1. The molecule has 0 unspecified atom stereocenters. The number of pyridine rings is 1. The topological polar surface area (TPSA) is 88.7 Å². The Bertz CT molecular complexity index is 1040. The molecule has 0 aliphatic rings. The largest absolute Gasteiger partial charge is 0.350 e. The van der Waals surface area contributed by atoms with E-state index in [2.05, 4.69) is 10.4 Å². The van der Waals surface area contributed by atoms with E-state index >= 15 is 0 Å². The smallest absolute Gasteiger partial charge is 0.335 e. The van der Waals surface area contributed by atoms with Crippen LogP contribution < -0.4 is 11.0 Å². The van der Waals surface area contributed by atoms with Gasteiger partial charge in [-0.15, -0.1) is 5.10 Å². The molecular formula is C19H21N5O3. The van der Waals surface area contributed by atoms with Crippen LogP contribution in [-0.2, 0) is 22.6 Å². The van der Waals surface area contributed by atoms with Gasteiger partial charge in [0.15, 0.2) is 5.65 Å². The van der Waals surface area contributed by atoms with Crippen LogP contribution >= 0.6 is 0 Å². The third-order valence-corrected chi connectivity index (χ3v) is 4.25. The van der Waals surface area contributed by atoms with Crippen LogP contribution in [0.4, 0.5) is 5.69 Å². The Morgan fingerprint density at radius 3 is 2.63 bits per heavy atom. The number of carbonyl (C=O) groups excluding carboxylic acids is 2. The number of hydrogen-bond acceptors (Lipinski definition) is 4. The molecule has 0 saturated heterocycles. The minimum absolute atomic E-state index is 0.112. The molecule has 0 aliphatic heterocycles. The van der Waals surface area contributed by atoms with Crippen LogP contribution in [0, 0.1) is 0 Å². The summed E-state index contributed by atoms with van der Waals surface area (Å²) in [6.45, 7) is 1.67. The molecule has 2 heterocycles. The first-order valence-corrected chi connectivity index (χ1v) is 8.65. The van der Waals surface area contributed by atoms with Crippen molar-refractivity contribution in [3.05, 3.63) is 64.7 Å². The number of nitrogens with one attached hydrogen (secondary N) is 1. The molecule has 27 heavy (non-hydrogen) atoms. The Labute approximate surface area is 156 Å². The molecule has 3 aromatic rings. The van der Waals surface area contributed by atoms with E-state index in [1.165, 1.54) is 16.3 Å². The second kappa shape index (κ2) is 7.86. The summed E-state index contributed by atoms with van der Waals surface area (Å²) in [5.74, 6) is -0.673. The van der Waals surface area contributed by atoms with Gasteiger partial charge in [-0.3, -0.25) is 14.0 Å².